The van der Waals surface area contributed by atoms with Gasteiger partial charge in [0, 0.05) is 4.47 Å². The van der Waals surface area contributed by atoms with Gasteiger partial charge in [-0.1, -0.05) is 64.0 Å². The maximum Gasteiger partial charge on any atom is 0.0585 e. The SMILES string of the molecule is CNC(c1cccc(C)c1)c1ccccc1Br. The molecule has 1 nitrogen and oxygen atoms in total. The van der Waals surface area contributed by atoms with Gasteiger partial charge in [0.15, 0.2) is 0 Å². The van der Waals surface area contributed by atoms with Crippen molar-refractivity contribution in [3.8, 4) is 0 Å². The molecular weight excluding hydrogens is 274 g/mol. The maximum absolute atomic E-state index is 3.61. The van der Waals surface area contributed by atoms with Crippen molar-refractivity contribution in [2.24, 2.45) is 0 Å². The number of benzene rings is 2. The van der Waals surface area contributed by atoms with Crippen LogP contribution in [0, 0.1) is 6.92 Å². The van der Waals surface area contributed by atoms with E-state index < -0.39 is 0 Å². The summed E-state index contributed by atoms with van der Waals surface area (Å²) in [6.07, 6.45) is 0. The van der Waals surface area contributed by atoms with E-state index in [0.29, 0.717) is 0 Å². The molecule has 0 aliphatic heterocycles. The Balaban J connectivity index is 2.44. The Bertz CT molecular complexity index is 508. The third-order valence-electron chi connectivity index (χ3n) is 2.88. The van der Waals surface area contributed by atoms with Gasteiger partial charge < -0.3 is 5.32 Å². The molecule has 1 N–H and O–H groups in total. The van der Waals surface area contributed by atoms with Gasteiger partial charge in [0.25, 0.3) is 0 Å². The van der Waals surface area contributed by atoms with E-state index in [1.165, 1.54) is 16.7 Å². The molecule has 1 unspecified atom stereocenters. The van der Waals surface area contributed by atoms with Crippen molar-refractivity contribution < 1.29 is 0 Å². The molecule has 0 saturated heterocycles. The normalized spacial score (nSPS) is 12.4. The highest BCUT2D eigenvalue weighted by Gasteiger charge is 2.14. The lowest BCUT2D eigenvalue weighted by atomic mass is 9.97. The predicted octanol–water partition coefficient (Wildman–Crippen LogP) is 4.07. The maximum atomic E-state index is 3.61. The highest BCUT2D eigenvalue weighted by atomic mass is 79.9. The molecule has 88 valence electrons. The van der Waals surface area contributed by atoms with E-state index in [9.17, 15) is 0 Å². The minimum absolute atomic E-state index is 0.227. The van der Waals surface area contributed by atoms with Crippen molar-refractivity contribution in [3.05, 3.63) is 69.7 Å². The molecule has 0 spiro atoms. The lowest BCUT2D eigenvalue weighted by Gasteiger charge is -2.19. The summed E-state index contributed by atoms with van der Waals surface area (Å²) in [6.45, 7) is 2.12. The second kappa shape index (κ2) is 5.48. The summed E-state index contributed by atoms with van der Waals surface area (Å²) < 4.78 is 1.14. The van der Waals surface area contributed by atoms with E-state index in [1.807, 2.05) is 13.1 Å². The van der Waals surface area contributed by atoms with Crippen LogP contribution in [0.4, 0.5) is 0 Å². The fraction of sp³-hybridized carbons (Fsp3) is 0.200. The molecule has 0 bridgehead atoms. The second-order valence-electron chi connectivity index (χ2n) is 4.16. The van der Waals surface area contributed by atoms with Crippen LogP contribution >= 0.6 is 15.9 Å². The van der Waals surface area contributed by atoms with Crippen LogP contribution in [0.25, 0.3) is 0 Å². The molecule has 0 radical (unpaired) electrons. The van der Waals surface area contributed by atoms with Crippen LogP contribution in [-0.2, 0) is 0 Å². The highest BCUT2D eigenvalue weighted by molar-refractivity contribution is 9.10. The lowest BCUT2D eigenvalue weighted by Crippen LogP contribution is -2.18. The van der Waals surface area contributed by atoms with Gasteiger partial charge in [-0.15, -0.1) is 0 Å². The second-order valence-corrected chi connectivity index (χ2v) is 5.01. The summed E-state index contributed by atoms with van der Waals surface area (Å²) in [5, 5.41) is 3.37. The van der Waals surface area contributed by atoms with Gasteiger partial charge in [-0.05, 0) is 31.2 Å². The van der Waals surface area contributed by atoms with Gasteiger partial charge in [-0.2, -0.15) is 0 Å². The summed E-state index contributed by atoms with van der Waals surface area (Å²) in [4.78, 5) is 0. The first-order valence-corrected chi connectivity index (χ1v) is 6.50. The number of rotatable bonds is 3. The molecule has 2 aromatic rings. The summed E-state index contributed by atoms with van der Waals surface area (Å²) in [7, 11) is 1.99. The lowest BCUT2D eigenvalue weighted by molar-refractivity contribution is 0.688. The van der Waals surface area contributed by atoms with Gasteiger partial charge in [-0.3, -0.25) is 0 Å². The van der Waals surface area contributed by atoms with E-state index in [2.05, 4.69) is 70.6 Å². The van der Waals surface area contributed by atoms with Crippen LogP contribution in [0.15, 0.2) is 53.0 Å². The standard InChI is InChI=1S/C15H16BrN/c1-11-6-5-7-12(10-11)15(17-2)13-8-3-4-9-14(13)16/h3-10,15,17H,1-2H3. The van der Waals surface area contributed by atoms with E-state index in [1.54, 1.807) is 0 Å². The molecule has 0 amide bonds. The van der Waals surface area contributed by atoms with Crippen molar-refractivity contribution in [3.63, 3.8) is 0 Å². The van der Waals surface area contributed by atoms with Crippen LogP contribution in [0.5, 0.6) is 0 Å². The Kier molecular flexibility index (Phi) is 3.97. The average molecular weight is 290 g/mol. The predicted molar refractivity (Wildman–Crippen MR) is 76.2 cm³/mol. The number of halogens is 1. The summed E-state index contributed by atoms with van der Waals surface area (Å²) in [5.74, 6) is 0. The van der Waals surface area contributed by atoms with Crippen LogP contribution in [-0.4, -0.2) is 7.05 Å². The number of hydrogen-bond acceptors (Lipinski definition) is 1. The Labute approximate surface area is 111 Å². The van der Waals surface area contributed by atoms with Gasteiger partial charge in [0.2, 0.25) is 0 Å². The van der Waals surface area contributed by atoms with E-state index in [0.717, 1.165) is 4.47 Å². The van der Waals surface area contributed by atoms with E-state index >= 15 is 0 Å². The number of aryl methyl sites for hydroxylation is 1. The molecule has 0 heterocycles. The monoisotopic (exact) mass is 289 g/mol. The van der Waals surface area contributed by atoms with Crippen LogP contribution in [0.2, 0.25) is 0 Å². The molecule has 0 fully saturated rings. The van der Waals surface area contributed by atoms with Crippen molar-refractivity contribution >= 4 is 15.9 Å². The first kappa shape index (κ1) is 12.3. The topological polar surface area (TPSA) is 12.0 Å². The Morgan fingerprint density at radius 3 is 2.47 bits per heavy atom. The summed E-state index contributed by atoms with van der Waals surface area (Å²) in [6, 6.07) is 17.2. The first-order chi connectivity index (χ1) is 8.22. The van der Waals surface area contributed by atoms with Crippen LogP contribution in [0.3, 0.4) is 0 Å². The largest absolute Gasteiger partial charge is 0.309 e. The quantitative estimate of drug-likeness (QED) is 0.898. The smallest absolute Gasteiger partial charge is 0.0585 e. The fourth-order valence-corrected chi connectivity index (χ4v) is 2.57. The molecule has 0 aliphatic carbocycles. The van der Waals surface area contributed by atoms with Gasteiger partial charge in [0.05, 0.1) is 6.04 Å². The van der Waals surface area contributed by atoms with Gasteiger partial charge in [0.1, 0.15) is 0 Å². The molecule has 17 heavy (non-hydrogen) atoms. The van der Waals surface area contributed by atoms with Gasteiger partial charge >= 0.3 is 0 Å². The third-order valence-corrected chi connectivity index (χ3v) is 3.60. The Morgan fingerprint density at radius 2 is 1.82 bits per heavy atom. The average Bonchev–Trinajstić information content (AvgIpc) is 2.33. The zero-order chi connectivity index (χ0) is 12.3. The first-order valence-electron chi connectivity index (χ1n) is 5.70. The molecular formula is C15H16BrN. The Morgan fingerprint density at radius 1 is 1.06 bits per heavy atom. The molecule has 0 aliphatic rings. The molecule has 2 heteroatoms. The minimum atomic E-state index is 0.227. The van der Waals surface area contributed by atoms with E-state index in [4.69, 9.17) is 0 Å². The van der Waals surface area contributed by atoms with Crippen molar-refractivity contribution in [1.82, 2.24) is 5.32 Å². The molecule has 2 aromatic carbocycles. The van der Waals surface area contributed by atoms with E-state index in [-0.39, 0.29) is 6.04 Å². The van der Waals surface area contributed by atoms with Crippen molar-refractivity contribution in [1.29, 1.82) is 0 Å². The fourth-order valence-electron chi connectivity index (χ4n) is 2.06. The highest BCUT2D eigenvalue weighted by Crippen LogP contribution is 2.28. The van der Waals surface area contributed by atoms with Crippen LogP contribution in [0.1, 0.15) is 22.7 Å². The molecule has 2 rings (SSSR count). The zero-order valence-electron chi connectivity index (χ0n) is 10.1. The number of nitrogens with one attached hydrogen (secondary N) is 1. The van der Waals surface area contributed by atoms with Crippen LogP contribution < -0.4 is 5.32 Å². The summed E-state index contributed by atoms with van der Waals surface area (Å²) in [5.41, 5.74) is 3.84. The van der Waals surface area contributed by atoms with Crippen molar-refractivity contribution in [2.45, 2.75) is 13.0 Å². The molecule has 1 atom stereocenters. The minimum Gasteiger partial charge on any atom is -0.309 e. The summed E-state index contributed by atoms with van der Waals surface area (Å²) >= 11 is 3.61. The van der Waals surface area contributed by atoms with Gasteiger partial charge in [-0.25, -0.2) is 0 Å². The molecule has 0 saturated carbocycles. The third kappa shape index (κ3) is 2.76. The zero-order valence-corrected chi connectivity index (χ0v) is 11.7. The van der Waals surface area contributed by atoms with Crippen molar-refractivity contribution in [2.75, 3.05) is 7.05 Å². The molecule has 0 aromatic heterocycles. The number of hydrogen-bond donors (Lipinski definition) is 1. The Hall–Kier alpha value is -1.12.